The molecule has 1 aliphatic rings. The Morgan fingerprint density at radius 1 is 1.40 bits per heavy atom. The number of rotatable bonds is 6. The van der Waals surface area contributed by atoms with Crippen LogP contribution >= 0.6 is 0 Å². The van der Waals surface area contributed by atoms with E-state index in [0.29, 0.717) is 5.69 Å². The van der Waals surface area contributed by atoms with Crippen LogP contribution in [0.15, 0.2) is 18.3 Å². The Labute approximate surface area is 121 Å². The van der Waals surface area contributed by atoms with Crippen molar-refractivity contribution in [3.05, 3.63) is 24.0 Å². The third-order valence-electron chi connectivity index (χ3n) is 4.09. The van der Waals surface area contributed by atoms with E-state index in [0.717, 1.165) is 31.2 Å². The minimum absolute atomic E-state index is 0.467. The molecular weight excluding hydrogens is 248 g/mol. The topological polar surface area (TPSA) is 52.0 Å². The Bertz CT molecular complexity index is 446. The molecule has 0 atom stereocenters. The molecule has 0 aliphatic heterocycles. The van der Waals surface area contributed by atoms with Crippen molar-refractivity contribution in [2.45, 2.75) is 44.6 Å². The van der Waals surface area contributed by atoms with Crippen LogP contribution in [0.2, 0.25) is 0 Å². The molecule has 1 N–H and O–H groups in total. The lowest BCUT2D eigenvalue weighted by atomic mass is 9.94. The quantitative estimate of drug-likeness (QED) is 0.809. The SMILES string of the molecule is CN(CCCNc1ccnc(C#N)c1)C1CCCCC1. The molecule has 1 heterocycles. The third kappa shape index (κ3) is 4.50. The molecule has 1 aromatic heterocycles. The molecule has 0 amide bonds. The van der Waals surface area contributed by atoms with Gasteiger partial charge in [-0.1, -0.05) is 19.3 Å². The van der Waals surface area contributed by atoms with Crippen molar-refractivity contribution in [2.75, 3.05) is 25.5 Å². The summed E-state index contributed by atoms with van der Waals surface area (Å²) in [6, 6.07) is 6.55. The largest absolute Gasteiger partial charge is 0.385 e. The van der Waals surface area contributed by atoms with Gasteiger partial charge in [-0.05, 0) is 45.0 Å². The van der Waals surface area contributed by atoms with Gasteiger partial charge in [0.2, 0.25) is 0 Å². The highest BCUT2D eigenvalue weighted by Crippen LogP contribution is 2.21. The average Bonchev–Trinajstić information content (AvgIpc) is 2.52. The number of anilines is 1. The van der Waals surface area contributed by atoms with Gasteiger partial charge in [0.1, 0.15) is 11.8 Å². The zero-order chi connectivity index (χ0) is 14.2. The smallest absolute Gasteiger partial charge is 0.142 e. The lowest BCUT2D eigenvalue weighted by Crippen LogP contribution is -2.34. The average molecular weight is 272 g/mol. The van der Waals surface area contributed by atoms with Gasteiger partial charge in [0, 0.05) is 24.5 Å². The third-order valence-corrected chi connectivity index (χ3v) is 4.09. The van der Waals surface area contributed by atoms with Crippen molar-refractivity contribution < 1.29 is 0 Å². The fourth-order valence-corrected chi connectivity index (χ4v) is 2.87. The molecule has 0 spiro atoms. The predicted molar refractivity (Wildman–Crippen MR) is 81.6 cm³/mol. The number of hydrogen-bond donors (Lipinski definition) is 1. The summed E-state index contributed by atoms with van der Waals surface area (Å²) in [6.45, 7) is 2.07. The molecule has 20 heavy (non-hydrogen) atoms. The van der Waals surface area contributed by atoms with E-state index in [1.165, 1.54) is 32.1 Å². The van der Waals surface area contributed by atoms with E-state index in [1.54, 1.807) is 12.3 Å². The molecule has 1 aromatic rings. The second-order valence-electron chi connectivity index (χ2n) is 5.59. The van der Waals surface area contributed by atoms with Gasteiger partial charge in [0.05, 0.1) is 0 Å². The molecule has 0 unspecified atom stereocenters. The zero-order valence-electron chi connectivity index (χ0n) is 12.3. The van der Waals surface area contributed by atoms with Crippen LogP contribution in [0.25, 0.3) is 0 Å². The lowest BCUT2D eigenvalue weighted by Gasteiger charge is -2.31. The van der Waals surface area contributed by atoms with E-state index in [4.69, 9.17) is 5.26 Å². The Balaban J connectivity index is 1.66. The predicted octanol–water partition coefficient (Wildman–Crippen LogP) is 3.02. The molecule has 0 radical (unpaired) electrons. The lowest BCUT2D eigenvalue weighted by molar-refractivity contribution is 0.191. The summed E-state index contributed by atoms with van der Waals surface area (Å²) in [5.74, 6) is 0. The van der Waals surface area contributed by atoms with Crippen LogP contribution in [0.4, 0.5) is 5.69 Å². The van der Waals surface area contributed by atoms with Gasteiger partial charge < -0.3 is 10.2 Å². The number of pyridine rings is 1. The minimum atomic E-state index is 0.467. The fourth-order valence-electron chi connectivity index (χ4n) is 2.87. The summed E-state index contributed by atoms with van der Waals surface area (Å²) in [5.41, 5.74) is 1.45. The van der Waals surface area contributed by atoms with Gasteiger partial charge >= 0.3 is 0 Å². The second kappa shape index (κ2) is 7.86. The Morgan fingerprint density at radius 3 is 2.95 bits per heavy atom. The molecule has 1 saturated carbocycles. The maximum atomic E-state index is 8.80. The first-order valence-corrected chi connectivity index (χ1v) is 7.60. The summed E-state index contributed by atoms with van der Waals surface area (Å²) in [4.78, 5) is 6.47. The molecular formula is C16H24N4. The van der Waals surface area contributed by atoms with Gasteiger partial charge in [-0.15, -0.1) is 0 Å². The summed E-state index contributed by atoms with van der Waals surface area (Å²) in [7, 11) is 2.25. The molecule has 0 aromatic carbocycles. The van der Waals surface area contributed by atoms with Crippen molar-refractivity contribution in [3.63, 3.8) is 0 Å². The highest BCUT2D eigenvalue weighted by molar-refractivity contribution is 5.45. The van der Waals surface area contributed by atoms with Crippen LogP contribution < -0.4 is 5.32 Å². The van der Waals surface area contributed by atoms with Crippen molar-refractivity contribution in [1.82, 2.24) is 9.88 Å². The van der Waals surface area contributed by atoms with Crippen LogP contribution in [0.5, 0.6) is 0 Å². The standard InChI is InChI=1S/C16H24N4/c1-20(16-6-3-2-4-7-16)11-5-9-18-14-8-10-19-15(12-14)13-17/h8,10,12,16H,2-7,9,11H2,1H3,(H,18,19). The van der Waals surface area contributed by atoms with E-state index in [9.17, 15) is 0 Å². The van der Waals surface area contributed by atoms with Crippen molar-refractivity contribution in [1.29, 1.82) is 5.26 Å². The maximum absolute atomic E-state index is 8.80. The Kier molecular flexibility index (Phi) is 5.82. The molecule has 108 valence electrons. The van der Waals surface area contributed by atoms with Crippen LogP contribution in [0.3, 0.4) is 0 Å². The molecule has 0 saturated heterocycles. The van der Waals surface area contributed by atoms with Gasteiger partial charge in [-0.25, -0.2) is 4.98 Å². The van der Waals surface area contributed by atoms with E-state index < -0.39 is 0 Å². The molecule has 4 heteroatoms. The number of nitrogens with zero attached hydrogens (tertiary/aromatic N) is 3. The van der Waals surface area contributed by atoms with Crippen LogP contribution in [0, 0.1) is 11.3 Å². The molecule has 1 fully saturated rings. The summed E-state index contributed by atoms with van der Waals surface area (Å²) in [6.07, 6.45) is 9.71. The van der Waals surface area contributed by atoms with Gasteiger partial charge in [0.25, 0.3) is 0 Å². The van der Waals surface area contributed by atoms with Gasteiger partial charge in [0.15, 0.2) is 0 Å². The first-order chi connectivity index (χ1) is 9.79. The molecule has 1 aliphatic carbocycles. The normalized spacial score (nSPS) is 16.1. The van der Waals surface area contributed by atoms with E-state index in [-0.39, 0.29) is 0 Å². The number of nitriles is 1. The van der Waals surface area contributed by atoms with Gasteiger partial charge in [-0.2, -0.15) is 5.26 Å². The first-order valence-electron chi connectivity index (χ1n) is 7.60. The number of nitrogens with one attached hydrogen (secondary N) is 1. The Hall–Kier alpha value is -1.60. The number of hydrogen-bond acceptors (Lipinski definition) is 4. The minimum Gasteiger partial charge on any atom is -0.385 e. The summed E-state index contributed by atoms with van der Waals surface area (Å²) < 4.78 is 0. The highest BCUT2D eigenvalue weighted by atomic mass is 15.1. The van der Waals surface area contributed by atoms with Crippen LogP contribution in [-0.2, 0) is 0 Å². The van der Waals surface area contributed by atoms with Crippen LogP contribution in [-0.4, -0.2) is 36.1 Å². The maximum Gasteiger partial charge on any atom is 0.142 e. The van der Waals surface area contributed by atoms with E-state index in [2.05, 4.69) is 28.3 Å². The monoisotopic (exact) mass is 272 g/mol. The molecule has 2 rings (SSSR count). The summed E-state index contributed by atoms with van der Waals surface area (Å²) >= 11 is 0. The molecule has 4 nitrogen and oxygen atoms in total. The van der Waals surface area contributed by atoms with Crippen molar-refractivity contribution >= 4 is 5.69 Å². The highest BCUT2D eigenvalue weighted by Gasteiger charge is 2.17. The fraction of sp³-hybridized carbons (Fsp3) is 0.625. The van der Waals surface area contributed by atoms with Crippen LogP contribution in [0.1, 0.15) is 44.2 Å². The van der Waals surface area contributed by atoms with E-state index >= 15 is 0 Å². The van der Waals surface area contributed by atoms with Crippen molar-refractivity contribution in [2.24, 2.45) is 0 Å². The zero-order valence-corrected chi connectivity index (χ0v) is 12.3. The van der Waals surface area contributed by atoms with Crippen molar-refractivity contribution in [3.8, 4) is 6.07 Å². The summed E-state index contributed by atoms with van der Waals surface area (Å²) in [5, 5.41) is 12.2. The van der Waals surface area contributed by atoms with E-state index in [1.807, 2.05) is 6.07 Å². The second-order valence-corrected chi connectivity index (χ2v) is 5.59. The number of aromatic nitrogens is 1. The Morgan fingerprint density at radius 2 is 2.20 bits per heavy atom. The molecule has 0 bridgehead atoms. The van der Waals surface area contributed by atoms with Gasteiger partial charge in [-0.3, -0.25) is 0 Å². The first kappa shape index (κ1) is 14.8.